The van der Waals surface area contributed by atoms with E-state index >= 15 is 0 Å². The van der Waals surface area contributed by atoms with Crippen LogP contribution in [0, 0.1) is 0 Å². The molecule has 3 nitrogen and oxygen atoms in total. The van der Waals surface area contributed by atoms with Crippen molar-refractivity contribution in [3.8, 4) is 5.69 Å². The van der Waals surface area contributed by atoms with Crippen LogP contribution in [0.25, 0.3) is 5.69 Å². The van der Waals surface area contributed by atoms with E-state index in [2.05, 4.69) is 22.4 Å². The van der Waals surface area contributed by atoms with E-state index in [0.29, 0.717) is 15.0 Å². The minimum absolute atomic E-state index is 0.349. The molecule has 0 bridgehead atoms. The second-order valence-electron chi connectivity index (χ2n) is 4.23. The second kappa shape index (κ2) is 6.23. The molecule has 0 fully saturated rings. The van der Waals surface area contributed by atoms with Gasteiger partial charge in [-0.1, -0.05) is 0 Å². The topological polar surface area (TPSA) is 30.7 Å². The van der Waals surface area contributed by atoms with Gasteiger partial charge in [0, 0.05) is 0 Å². The van der Waals surface area contributed by atoms with E-state index in [1.54, 1.807) is 0 Å². The summed E-state index contributed by atoms with van der Waals surface area (Å²) in [6.07, 6.45) is 1.99. The average Bonchev–Trinajstić information content (AvgIpc) is 2.97. The van der Waals surface area contributed by atoms with Crippen molar-refractivity contribution in [1.29, 1.82) is 0 Å². The Morgan fingerprint density at radius 2 is 1.75 bits per heavy atom. The Kier molecular flexibility index (Phi) is 4.16. The van der Waals surface area contributed by atoms with Crippen molar-refractivity contribution in [2.45, 2.75) is 5.32 Å². The number of para-hydroxylation sites is 1. The summed E-state index contributed by atoms with van der Waals surface area (Å²) in [5, 5.41) is 10.1. The molecule has 0 aliphatic rings. The first-order chi connectivity index (χ1) is 9.81. The fourth-order valence-corrected chi connectivity index (χ4v) is 3.51. The molecule has 1 aromatic heterocycles. The van der Waals surface area contributed by atoms with E-state index in [0.717, 1.165) is 21.7 Å². The molecule has 0 radical (unpaired) electrons. The summed E-state index contributed by atoms with van der Waals surface area (Å²) in [6, 6.07) is 18.0. The zero-order valence-electron chi connectivity index (χ0n) is 10.6. The molecule has 0 saturated heterocycles. The molecule has 0 amide bonds. The maximum atomic E-state index is 5.88. The zero-order valence-corrected chi connectivity index (χ0v) is 13.1. The summed E-state index contributed by atoms with van der Waals surface area (Å²) in [4.78, 5) is 0. The molecular formula is C15H12ClN3Se. The molecule has 3 aromatic rings. The first-order valence-corrected chi connectivity index (χ1v) is 8.61. The molecule has 0 saturated carbocycles. The molecule has 3 rings (SSSR count). The van der Waals surface area contributed by atoms with E-state index in [-0.39, 0.29) is 0 Å². The maximum absolute atomic E-state index is 5.88. The van der Waals surface area contributed by atoms with Crippen molar-refractivity contribution in [3.63, 3.8) is 0 Å². The van der Waals surface area contributed by atoms with Crippen molar-refractivity contribution in [3.05, 3.63) is 71.5 Å². The first-order valence-electron chi connectivity index (χ1n) is 6.16. The van der Waals surface area contributed by atoms with Gasteiger partial charge in [0.25, 0.3) is 0 Å². The Labute approximate surface area is 128 Å². The Balaban J connectivity index is 1.67. The van der Waals surface area contributed by atoms with Crippen LogP contribution in [0.15, 0.2) is 60.8 Å². The van der Waals surface area contributed by atoms with E-state index in [9.17, 15) is 0 Å². The van der Waals surface area contributed by atoms with Crippen molar-refractivity contribution in [2.24, 2.45) is 0 Å². The van der Waals surface area contributed by atoms with Gasteiger partial charge in [-0.3, -0.25) is 0 Å². The number of benzene rings is 2. The Morgan fingerprint density at radius 1 is 1.00 bits per heavy atom. The van der Waals surface area contributed by atoms with Crippen LogP contribution in [0.1, 0.15) is 5.69 Å². The Hall–Kier alpha value is -1.61. The number of aromatic nitrogens is 3. The molecule has 0 aliphatic heterocycles. The number of nitrogens with zero attached hydrogens (tertiary/aromatic N) is 3. The van der Waals surface area contributed by atoms with Gasteiger partial charge in [0.15, 0.2) is 0 Å². The summed E-state index contributed by atoms with van der Waals surface area (Å²) < 4.78 is 3.13. The molecule has 0 unspecified atom stereocenters. The second-order valence-corrected chi connectivity index (χ2v) is 6.87. The van der Waals surface area contributed by atoms with Crippen LogP contribution >= 0.6 is 11.6 Å². The first kappa shape index (κ1) is 13.4. The van der Waals surface area contributed by atoms with Crippen LogP contribution < -0.4 is 4.46 Å². The van der Waals surface area contributed by atoms with Gasteiger partial charge in [0.2, 0.25) is 0 Å². The molecule has 1 heterocycles. The van der Waals surface area contributed by atoms with Gasteiger partial charge in [0.05, 0.1) is 0 Å². The number of halogens is 1. The molecule has 2 aromatic carbocycles. The predicted octanol–water partition coefficient (Wildman–Crippen LogP) is 2.45. The van der Waals surface area contributed by atoms with Gasteiger partial charge in [-0.2, -0.15) is 0 Å². The quantitative estimate of drug-likeness (QED) is 0.678. The summed E-state index contributed by atoms with van der Waals surface area (Å²) in [6.45, 7) is 0. The van der Waals surface area contributed by atoms with Gasteiger partial charge in [0.1, 0.15) is 0 Å². The van der Waals surface area contributed by atoms with Crippen LogP contribution in [0.4, 0.5) is 0 Å². The van der Waals surface area contributed by atoms with E-state index in [1.807, 2.05) is 53.3 Å². The summed E-state index contributed by atoms with van der Waals surface area (Å²) >= 11 is 6.23. The van der Waals surface area contributed by atoms with Gasteiger partial charge in [-0.25, -0.2) is 0 Å². The Morgan fingerprint density at radius 3 is 2.50 bits per heavy atom. The molecular weight excluding hydrogens is 337 g/mol. The van der Waals surface area contributed by atoms with E-state index in [1.165, 1.54) is 4.46 Å². The number of hydrogen-bond acceptors (Lipinski definition) is 2. The molecule has 0 aliphatic carbocycles. The third-order valence-electron chi connectivity index (χ3n) is 2.76. The number of rotatable bonds is 4. The van der Waals surface area contributed by atoms with Crippen molar-refractivity contribution >= 4 is 31.0 Å². The third-order valence-corrected chi connectivity index (χ3v) is 5.21. The standard InChI is InChI=1S/C15H12ClN3Se/c16-12-6-8-15(9-7-12)20-11-13-10-19(18-17-13)14-4-2-1-3-5-14/h1-10H,11H2. The van der Waals surface area contributed by atoms with Crippen LogP contribution in [0.2, 0.25) is 5.02 Å². The third kappa shape index (κ3) is 3.28. The Bertz CT molecular complexity index is 680. The normalized spacial score (nSPS) is 10.7. The summed E-state index contributed by atoms with van der Waals surface area (Å²) in [7, 11) is 0. The van der Waals surface area contributed by atoms with Crippen molar-refractivity contribution < 1.29 is 0 Å². The van der Waals surface area contributed by atoms with Crippen LogP contribution in [0.3, 0.4) is 0 Å². The minimum atomic E-state index is 0.349. The van der Waals surface area contributed by atoms with Gasteiger partial charge < -0.3 is 0 Å². The van der Waals surface area contributed by atoms with Crippen molar-refractivity contribution in [1.82, 2.24) is 15.0 Å². The fourth-order valence-electron chi connectivity index (χ4n) is 1.76. The molecule has 20 heavy (non-hydrogen) atoms. The summed E-state index contributed by atoms with van der Waals surface area (Å²) in [5.74, 6) is 0. The monoisotopic (exact) mass is 349 g/mol. The van der Waals surface area contributed by atoms with Crippen LogP contribution in [-0.2, 0) is 5.32 Å². The fraction of sp³-hybridized carbons (Fsp3) is 0.0667. The predicted molar refractivity (Wildman–Crippen MR) is 81.9 cm³/mol. The zero-order chi connectivity index (χ0) is 13.8. The summed E-state index contributed by atoms with van der Waals surface area (Å²) in [5.41, 5.74) is 2.05. The van der Waals surface area contributed by atoms with Crippen LogP contribution in [0.5, 0.6) is 0 Å². The molecule has 0 N–H and O–H groups in total. The number of hydrogen-bond donors (Lipinski definition) is 0. The van der Waals surface area contributed by atoms with Gasteiger partial charge >= 0.3 is 129 Å². The molecule has 5 heteroatoms. The van der Waals surface area contributed by atoms with Crippen molar-refractivity contribution in [2.75, 3.05) is 0 Å². The molecule has 0 spiro atoms. The van der Waals surface area contributed by atoms with Gasteiger partial charge in [-0.15, -0.1) is 0 Å². The van der Waals surface area contributed by atoms with E-state index < -0.39 is 0 Å². The SMILES string of the molecule is Clc1ccc([Se]Cc2cn(-c3ccccc3)nn2)cc1. The van der Waals surface area contributed by atoms with Gasteiger partial charge in [-0.05, 0) is 0 Å². The molecule has 100 valence electrons. The van der Waals surface area contributed by atoms with E-state index in [4.69, 9.17) is 11.6 Å². The average molecular weight is 349 g/mol. The molecule has 0 atom stereocenters. The van der Waals surface area contributed by atoms with Crippen LogP contribution in [-0.4, -0.2) is 30.0 Å².